The number of hydrogen-bond acceptors (Lipinski definition) is 2. The van der Waals surface area contributed by atoms with Crippen molar-refractivity contribution in [2.75, 3.05) is 12.8 Å². The van der Waals surface area contributed by atoms with Crippen LogP contribution < -0.4 is 5.32 Å². The monoisotopic (exact) mass is 345 g/mol. The molecule has 0 saturated heterocycles. The average Bonchev–Trinajstić information content (AvgIpc) is 2.44. The number of benzene rings is 1. The van der Waals surface area contributed by atoms with E-state index in [0.717, 1.165) is 18.7 Å². The maximum atomic E-state index is 13.2. The molecule has 0 bridgehead atoms. The van der Waals surface area contributed by atoms with E-state index in [9.17, 15) is 4.39 Å². The Bertz CT molecular complexity index is 419. The molecule has 1 aliphatic carbocycles. The molecular formula is C15H21BrFNS. The summed E-state index contributed by atoms with van der Waals surface area (Å²) in [5.41, 5.74) is 1.13. The summed E-state index contributed by atoms with van der Waals surface area (Å²) >= 11 is 5.23. The van der Waals surface area contributed by atoms with Crippen molar-refractivity contribution in [1.82, 2.24) is 5.32 Å². The molecule has 1 aromatic rings. The van der Waals surface area contributed by atoms with E-state index in [2.05, 4.69) is 27.5 Å². The third-order valence-corrected chi connectivity index (χ3v) is 5.98. The predicted octanol–water partition coefficient (Wildman–Crippen LogP) is 4.74. The second-order valence-electron chi connectivity index (χ2n) is 5.30. The fraction of sp³-hybridized carbons (Fsp3) is 0.600. The standard InChI is InChI=1S/C15H21BrFNS/c1-19-15(7-3-2-4-8-15)11-18-10-12-5-6-14(17)13(16)9-12/h5-6,9,18H,2-4,7-8,10-11H2,1H3. The average molecular weight is 346 g/mol. The lowest BCUT2D eigenvalue weighted by molar-refractivity contribution is 0.379. The number of thioether (sulfide) groups is 1. The van der Waals surface area contributed by atoms with Gasteiger partial charge >= 0.3 is 0 Å². The lowest BCUT2D eigenvalue weighted by Gasteiger charge is -2.36. The molecule has 0 heterocycles. The molecular weight excluding hydrogens is 325 g/mol. The zero-order valence-electron chi connectivity index (χ0n) is 11.3. The van der Waals surface area contributed by atoms with Gasteiger partial charge in [0.15, 0.2) is 0 Å². The molecule has 0 aromatic heterocycles. The molecule has 0 unspecified atom stereocenters. The molecule has 0 amide bonds. The molecule has 4 heteroatoms. The first-order chi connectivity index (χ1) is 9.15. The van der Waals surface area contributed by atoms with Gasteiger partial charge < -0.3 is 5.32 Å². The van der Waals surface area contributed by atoms with Crippen LogP contribution in [-0.4, -0.2) is 17.5 Å². The predicted molar refractivity (Wildman–Crippen MR) is 85.1 cm³/mol. The Morgan fingerprint density at radius 2 is 2.05 bits per heavy atom. The van der Waals surface area contributed by atoms with Crippen molar-refractivity contribution < 1.29 is 4.39 Å². The Balaban J connectivity index is 1.86. The van der Waals surface area contributed by atoms with Crippen molar-refractivity contribution in [2.24, 2.45) is 0 Å². The number of rotatable bonds is 5. The highest BCUT2D eigenvalue weighted by atomic mass is 79.9. The van der Waals surface area contributed by atoms with E-state index >= 15 is 0 Å². The quantitative estimate of drug-likeness (QED) is 0.826. The molecule has 1 nitrogen and oxygen atoms in total. The molecule has 0 spiro atoms. The lowest BCUT2D eigenvalue weighted by atomic mass is 9.88. The smallest absolute Gasteiger partial charge is 0.137 e. The minimum absolute atomic E-state index is 0.198. The van der Waals surface area contributed by atoms with Crippen molar-refractivity contribution >= 4 is 27.7 Å². The van der Waals surface area contributed by atoms with E-state index in [-0.39, 0.29) is 5.82 Å². The lowest BCUT2D eigenvalue weighted by Crippen LogP contribution is -2.39. The Labute approximate surface area is 127 Å². The van der Waals surface area contributed by atoms with Gasteiger partial charge in [-0.15, -0.1) is 0 Å². The molecule has 0 aliphatic heterocycles. The molecule has 0 atom stereocenters. The van der Waals surface area contributed by atoms with Crippen LogP contribution in [0.5, 0.6) is 0 Å². The van der Waals surface area contributed by atoms with Gasteiger partial charge in [0.25, 0.3) is 0 Å². The fourth-order valence-corrected chi connectivity index (χ4v) is 4.10. The first-order valence-electron chi connectivity index (χ1n) is 6.85. The highest BCUT2D eigenvalue weighted by Crippen LogP contribution is 2.38. The van der Waals surface area contributed by atoms with Gasteiger partial charge in [0.2, 0.25) is 0 Å². The number of hydrogen-bond donors (Lipinski definition) is 1. The van der Waals surface area contributed by atoms with Gasteiger partial charge in [-0.1, -0.05) is 25.3 Å². The SMILES string of the molecule is CSC1(CNCc2ccc(F)c(Br)c2)CCCCC1. The van der Waals surface area contributed by atoms with Crippen LogP contribution in [0.1, 0.15) is 37.7 Å². The molecule has 1 N–H and O–H groups in total. The van der Waals surface area contributed by atoms with Crippen molar-refractivity contribution in [1.29, 1.82) is 0 Å². The van der Waals surface area contributed by atoms with Crippen LogP contribution in [0.4, 0.5) is 4.39 Å². The molecule has 0 radical (unpaired) electrons. The van der Waals surface area contributed by atoms with Gasteiger partial charge in [-0.2, -0.15) is 11.8 Å². The highest BCUT2D eigenvalue weighted by molar-refractivity contribution is 9.10. The van der Waals surface area contributed by atoms with E-state index < -0.39 is 0 Å². The van der Waals surface area contributed by atoms with Crippen LogP contribution in [-0.2, 0) is 6.54 Å². The second kappa shape index (κ2) is 7.09. The highest BCUT2D eigenvalue weighted by Gasteiger charge is 2.30. The fourth-order valence-electron chi connectivity index (χ4n) is 2.73. The zero-order valence-corrected chi connectivity index (χ0v) is 13.7. The van der Waals surface area contributed by atoms with Gasteiger partial charge in [0.05, 0.1) is 4.47 Å². The van der Waals surface area contributed by atoms with Crippen LogP contribution in [0.15, 0.2) is 22.7 Å². The van der Waals surface area contributed by atoms with Crippen LogP contribution in [0.3, 0.4) is 0 Å². The maximum Gasteiger partial charge on any atom is 0.137 e. The van der Waals surface area contributed by atoms with E-state index in [1.54, 1.807) is 0 Å². The molecule has 1 fully saturated rings. The van der Waals surface area contributed by atoms with Crippen molar-refractivity contribution in [3.05, 3.63) is 34.1 Å². The summed E-state index contributed by atoms with van der Waals surface area (Å²) in [4.78, 5) is 0. The van der Waals surface area contributed by atoms with Crippen LogP contribution in [0.25, 0.3) is 0 Å². The summed E-state index contributed by atoms with van der Waals surface area (Å²) in [5, 5.41) is 3.55. The summed E-state index contributed by atoms with van der Waals surface area (Å²) in [6.45, 7) is 1.85. The molecule has 106 valence electrons. The Morgan fingerprint density at radius 3 is 2.68 bits per heavy atom. The zero-order chi connectivity index (χ0) is 13.7. The molecule has 1 aromatic carbocycles. The Hall–Kier alpha value is -0.0600. The third-order valence-electron chi connectivity index (χ3n) is 3.96. The number of halogens is 2. The van der Waals surface area contributed by atoms with Gasteiger partial charge in [0.1, 0.15) is 5.82 Å². The van der Waals surface area contributed by atoms with Gasteiger partial charge in [-0.05, 0) is 52.7 Å². The Morgan fingerprint density at radius 1 is 1.32 bits per heavy atom. The molecule has 1 saturated carbocycles. The summed E-state index contributed by atoms with van der Waals surface area (Å²) in [6.07, 6.45) is 8.94. The maximum absolute atomic E-state index is 13.2. The van der Waals surface area contributed by atoms with Crippen molar-refractivity contribution in [3.8, 4) is 0 Å². The minimum atomic E-state index is -0.198. The summed E-state index contributed by atoms with van der Waals surface area (Å²) in [5.74, 6) is -0.198. The van der Waals surface area contributed by atoms with Gasteiger partial charge in [-0.3, -0.25) is 0 Å². The van der Waals surface area contributed by atoms with Crippen molar-refractivity contribution in [3.63, 3.8) is 0 Å². The first kappa shape index (κ1) is 15.3. The summed E-state index contributed by atoms with van der Waals surface area (Å²) in [6, 6.07) is 5.22. The summed E-state index contributed by atoms with van der Waals surface area (Å²) in [7, 11) is 0. The normalized spacial score (nSPS) is 18.5. The van der Waals surface area contributed by atoms with Crippen LogP contribution >= 0.6 is 27.7 Å². The van der Waals surface area contributed by atoms with Crippen molar-refractivity contribution in [2.45, 2.75) is 43.4 Å². The van der Waals surface area contributed by atoms with Crippen LogP contribution in [0.2, 0.25) is 0 Å². The summed E-state index contributed by atoms with van der Waals surface area (Å²) < 4.78 is 14.1. The van der Waals surface area contributed by atoms with Crippen LogP contribution in [0, 0.1) is 5.82 Å². The van der Waals surface area contributed by atoms with E-state index in [0.29, 0.717) is 9.22 Å². The largest absolute Gasteiger partial charge is 0.311 e. The van der Waals surface area contributed by atoms with E-state index in [1.165, 1.54) is 38.2 Å². The molecule has 1 aliphatic rings. The topological polar surface area (TPSA) is 12.0 Å². The van der Waals surface area contributed by atoms with E-state index in [4.69, 9.17) is 0 Å². The number of nitrogens with one attached hydrogen (secondary N) is 1. The van der Waals surface area contributed by atoms with E-state index in [1.807, 2.05) is 23.9 Å². The molecule has 19 heavy (non-hydrogen) atoms. The second-order valence-corrected chi connectivity index (χ2v) is 7.43. The van der Waals surface area contributed by atoms with Gasteiger partial charge in [-0.25, -0.2) is 4.39 Å². The minimum Gasteiger partial charge on any atom is -0.311 e. The van der Waals surface area contributed by atoms with Gasteiger partial charge in [0, 0.05) is 17.8 Å². The first-order valence-corrected chi connectivity index (χ1v) is 8.87. The molecule has 2 rings (SSSR count). The Kier molecular flexibility index (Phi) is 5.72. The third kappa shape index (κ3) is 4.20.